The standard InChI is InChI=1S/C16H19NO2S/c1-12(13-6-4-3-5-7-13)10-11-17-16(18)14-8-9-15(19-14)20-2/h3-9,12H,10-11H2,1-2H3,(H,17,18). The Balaban J connectivity index is 1.79. The Morgan fingerprint density at radius 1 is 1.25 bits per heavy atom. The van der Waals surface area contributed by atoms with Crippen LogP contribution in [0, 0.1) is 0 Å². The van der Waals surface area contributed by atoms with E-state index in [-0.39, 0.29) is 5.91 Å². The molecule has 0 bridgehead atoms. The van der Waals surface area contributed by atoms with Gasteiger partial charge in [-0.25, -0.2) is 0 Å². The third-order valence-electron chi connectivity index (χ3n) is 3.24. The number of rotatable bonds is 6. The lowest BCUT2D eigenvalue weighted by atomic mass is 9.98. The first-order valence-electron chi connectivity index (χ1n) is 6.67. The lowest BCUT2D eigenvalue weighted by molar-refractivity contribution is 0.0920. The number of thioether (sulfide) groups is 1. The summed E-state index contributed by atoms with van der Waals surface area (Å²) >= 11 is 1.49. The molecule has 0 saturated heterocycles. The molecular weight excluding hydrogens is 270 g/mol. The number of amides is 1. The zero-order valence-corrected chi connectivity index (χ0v) is 12.6. The van der Waals surface area contributed by atoms with E-state index in [2.05, 4.69) is 24.4 Å². The van der Waals surface area contributed by atoms with Crippen molar-refractivity contribution < 1.29 is 9.21 Å². The molecule has 4 heteroatoms. The third-order valence-corrected chi connectivity index (χ3v) is 3.86. The van der Waals surface area contributed by atoms with Gasteiger partial charge in [0.05, 0.1) is 0 Å². The molecule has 1 aromatic heterocycles. The molecule has 1 N–H and O–H groups in total. The molecule has 0 aliphatic rings. The van der Waals surface area contributed by atoms with Crippen LogP contribution in [0.1, 0.15) is 35.4 Å². The molecule has 0 radical (unpaired) electrons. The van der Waals surface area contributed by atoms with Crippen molar-refractivity contribution in [1.29, 1.82) is 0 Å². The molecule has 1 heterocycles. The molecule has 20 heavy (non-hydrogen) atoms. The summed E-state index contributed by atoms with van der Waals surface area (Å²) in [5.74, 6) is 0.655. The Morgan fingerprint density at radius 3 is 2.65 bits per heavy atom. The highest BCUT2D eigenvalue weighted by Crippen LogP contribution is 2.19. The zero-order valence-electron chi connectivity index (χ0n) is 11.8. The first-order chi connectivity index (χ1) is 9.70. The zero-order chi connectivity index (χ0) is 14.4. The van der Waals surface area contributed by atoms with Crippen molar-refractivity contribution in [3.63, 3.8) is 0 Å². The van der Waals surface area contributed by atoms with Crippen molar-refractivity contribution >= 4 is 17.7 Å². The number of nitrogens with one attached hydrogen (secondary N) is 1. The number of carbonyl (C=O) groups is 1. The Labute approximate surface area is 123 Å². The molecule has 0 aliphatic carbocycles. The van der Waals surface area contributed by atoms with Gasteiger partial charge < -0.3 is 9.73 Å². The summed E-state index contributed by atoms with van der Waals surface area (Å²) in [6, 6.07) is 13.8. The molecule has 1 aromatic carbocycles. The van der Waals surface area contributed by atoms with E-state index in [1.807, 2.05) is 30.5 Å². The normalized spacial score (nSPS) is 12.1. The fraction of sp³-hybridized carbons (Fsp3) is 0.312. The molecule has 0 aliphatic heterocycles. The molecule has 1 atom stereocenters. The van der Waals surface area contributed by atoms with Gasteiger partial charge in [0.15, 0.2) is 10.9 Å². The number of furan rings is 1. The van der Waals surface area contributed by atoms with Crippen molar-refractivity contribution in [1.82, 2.24) is 5.32 Å². The van der Waals surface area contributed by atoms with Crippen LogP contribution in [0.5, 0.6) is 0 Å². The Morgan fingerprint density at radius 2 is 2.00 bits per heavy atom. The van der Waals surface area contributed by atoms with Gasteiger partial charge in [0.2, 0.25) is 0 Å². The molecular formula is C16H19NO2S. The summed E-state index contributed by atoms with van der Waals surface area (Å²) in [6.07, 6.45) is 2.83. The monoisotopic (exact) mass is 289 g/mol. The summed E-state index contributed by atoms with van der Waals surface area (Å²) in [5.41, 5.74) is 1.30. The second-order valence-corrected chi connectivity index (χ2v) is 5.49. The van der Waals surface area contributed by atoms with Crippen LogP contribution in [0.25, 0.3) is 0 Å². The largest absolute Gasteiger partial charge is 0.445 e. The first kappa shape index (κ1) is 14.7. The van der Waals surface area contributed by atoms with Crippen LogP contribution in [-0.4, -0.2) is 18.7 Å². The van der Waals surface area contributed by atoms with Crippen LogP contribution in [0.4, 0.5) is 0 Å². The van der Waals surface area contributed by atoms with Crippen LogP contribution < -0.4 is 5.32 Å². The van der Waals surface area contributed by atoms with Gasteiger partial charge in [0.25, 0.3) is 5.91 Å². The highest BCUT2D eigenvalue weighted by Gasteiger charge is 2.11. The van der Waals surface area contributed by atoms with Gasteiger partial charge in [-0.15, -0.1) is 0 Å². The average molecular weight is 289 g/mol. The highest BCUT2D eigenvalue weighted by atomic mass is 32.2. The minimum Gasteiger partial charge on any atom is -0.445 e. The first-order valence-corrected chi connectivity index (χ1v) is 7.90. The summed E-state index contributed by atoms with van der Waals surface area (Å²) in [6.45, 7) is 2.81. The van der Waals surface area contributed by atoms with Gasteiger partial charge in [-0.3, -0.25) is 4.79 Å². The second kappa shape index (κ2) is 7.20. The summed E-state index contributed by atoms with van der Waals surface area (Å²) < 4.78 is 5.39. The predicted molar refractivity (Wildman–Crippen MR) is 82.3 cm³/mol. The highest BCUT2D eigenvalue weighted by molar-refractivity contribution is 7.98. The SMILES string of the molecule is CSc1ccc(C(=O)NCCC(C)c2ccccc2)o1. The number of hydrogen-bond acceptors (Lipinski definition) is 3. The van der Waals surface area contributed by atoms with Crippen LogP contribution >= 0.6 is 11.8 Å². The molecule has 0 spiro atoms. The van der Waals surface area contributed by atoms with Gasteiger partial charge in [0, 0.05) is 6.54 Å². The third kappa shape index (κ3) is 3.90. The van der Waals surface area contributed by atoms with E-state index in [1.54, 1.807) is 6.07 Å². The second-order valence-electron chi connectivity index (χ2n) is 4.68. The smallest absolute Gasteiger partial charge is 0.287 e. The van der Waals surface area contributed by atoms with E-state index in [9.17, 15) is 4.79 Å². The molecule has 3 nitrogen and oxygen atoms in total. The number of benzene rings is 1. The predicted octanol–water partition coefficient (Wildman–Crippen LogP) is 3.93. The van der Waals surface area contributed by atoms with Gasteiger partial charge in [-0.2, -0.15) is 0 Å². The van der Waals surface area contributed by atoms with Crippen molar-refractivity contribution in [2.75, 3.05) is 12.8 Å². The summed E-state index contributed by atoms with van der Waals surface area (Å²) in [4.78, 5) is 11.9. The molecule has 2 aromatic rings. The van der Waals surface area contributed by atoms with E-state index in [1.165, 1.54) is 17.3 Å². The quantitative estimate of drug-likeness (QED) is 0.819. The maximum Gasteiger partial charge on any atom is 0.287 e. The Bertz CT molecular complexity index is 551. The number of hydrogen-bond donors (Lipinski definition) is 1. The van der Waals surface area contributed by atoms with E-state index >= 15 is 0 Å². The lowest BCUT2D eigenvalue weighted by Gasteiger charge is -2.11. The molecule has 1 unspecified atom stereocenters. The average Bonchev–Trinajstić information content (AvgIpc) is 2.97. The van der Waals surface area contributed by atoms with Gasteiger partial charge in [-0.05, 0) is 36.3 Å². The fourth-order valence-corrected chi connectivity index (χ4v) is 2.37. The number of carbonyl (C=O) groups excluding carboxylic acids is 1. The van der Waals surface area contributed by atoms with Crippen LogP contribution in [-0.2, 0) is 0 Å². The Hall–Kier alpha value is -1.68. The molecule has 106 valence electrons. The summed E-state index contributed by atoms with van der Waals surface area (Å²) in [7, 11) is 0. The van der Waals surface area contributed by atoms with Crippen molar-refractivity contribution in [3.8, 4) is 0 Å². The van der Waals surface area contributed by atoms with Gasteiger partial charge in [-0.1, -0.05) is 49.0 Å². The van der Waals surface area contributed by atoms with E-state index in [4.69, 9.17) is 4.42 Å². The maximum atomic E-state index is 11.9. The van der Waals surface area contributed by atoms with Crippen LogP contribution in [0.2, 0.25) is 0 Å². The van der Waals surface area contributed by atoms with Gasteiger partial charge >= 0.3 is 0 Å². The van der Waals surface area contributed by atoms with Crippen LogP contribution in [0.15, 0.2) is 52.0 Å². The molecule has 0 fully saturated rings. The lowest BCUT2D eigenvalue weighted by Crippen LogP contribution is -2.24. The maximum absolute atomic E-state index is 11.9. The Kier molecular flexibility index (Phi) is 5.30. The minimum absolute atomic E-state index is 0.148. The van der Waals surface area contributed by atoms with Crippen molar-refractivity contribution in [3.05, 3.63) is 53.8 Å². The van der Waals surface area contributed by atoms with Gasteiger partial charge in [0.1, 0.15) is 0 Å². The van der Waals surface area contributed by atoms with Crippen LogP contribution in [0.3, 0.4) is 0 Å². The molecule has 1 amide bonds. The minimum atomic E-state index is -0.148. The van der Waals surface area contributed by atoms with Crippen molar-refractivity contribution in [2.24, 2.45) is 0 Å². The summed E-state index contributed by atoms with van der Waals surface area (Å²) in [5, 5.41) is 3.65. The van der Waals surface area contributed by atoms with E-state index in [0.717, 1.165) is 11.5 Å². The van der Waals surface area contributed by atoms with E-state index in [0.29, 0.717) is 18.2 Å². The molecule has 2 rings (SSSR count). The van der Waals surface area contributed by atoms with E-state index < -0.39 is 0 Å². The van der Waals surface area contributed by atoms with Crippen molar-refractivity contribution in [2.45, 2.75) is 24.4 Å². The topological polar surface area (TPSA) is 42.2 Å². The fourth-order valence-electron chi connectivity index (χ4n) is 1.99. The molecule has 0 saturated carbocycles.